The molecule has 0 aliphatic carbocycles. The van der Waals surface area contributed by atoms with E-state index in [0.29, 0.717) is 21.6 Å². The summed E-state index contributed by atoms with van der Waals surface area (Å²) in [5.74, 6) is 0.810. The molecule has 2 heterocycles. The van der Waals surface area contributed by atoms with Gasteiger partial charge in [-0.1, -0.05) is 54.6 Å². The van der Waals surface area contributed by atoms with Crippen LogP contribution in [0.25, 0.3) is 0 Å². The van der Waals surface area contributed by atoms with E-state index in [4.69, 9.17) is 4.74 Å². The first-order valence-corrected chi connectivity index (χ1v) is 12.8. The molecule has 0 saturated heterocycles. The molecule has 4 rings (SSSR count). The second-order valence-electron chi connectivity index (χ2n) is 7.62. The van der Waals surface area contributed by atoms with Gasteiger partial charge in [-0.2, -0.15) is 0 Å². The number of carbonyl (C=O) groups is 2. The van der Waals surface area contributed by atoms with Crippen molar-refractivity contribution in [1.29, 1.82) is 0 Å². The number of aromatic nitrogens is 2. The first kappa shape index (κ1) is 23.3. The molecule has 0 saturated carbocycles. The fourth-order valence-corrected chi connectivity index (χ4v) is 5.14. The van der Waals surface area contributed by atoms with Crippen LogP contribution in [0.15, 0.2) is 52.9 Å². The number of anilines is 2. The Morgan fingerprint density at radius 3 is 2.79 bits per heavy atom. The van der Waals surface area contributed by atoms with Gasteiger partial charge in [0.25, 0.3) is 5.91 Å². The van der Waals surface area contributed by atoms with Crippen LogP contribution in [0.5, 0.6) is 5.75 Å². The number of benzene rings is 2. The summed E-state index contributed by atoms with van der Waals surface area (Å²) in [6.07, 6.45) is 4.04. The van der Waals surface area contributed by atoms with E-state index in [0.717, 1.165) is 43.7 Å². The molecule has 1 aliphatic rings. The van der Waals surface area contributed by atoms with E-state index in [1.807, 2.05) is 23.1 Å². The molecule has 0 unspecified atom stereocenters. The SMILES string of the molecule is CCCCOc1ccc(C(=O)Nc2nnc(SCC(=O)N3CCCc4ccccc43)s2)cc1. The lowest BCUT2D eigenvalue weighted by molar-refractivity contribution is -0.116. The number of carbonyl (C=O) groups excluding carboxylic acids is 2. The number of para-hydroxylation sites is 1. The summed E-state index contributed by atoms with van der Waals surface area (Å²) in [4.78, 5) is 27.2. The van der Waals surface area contributed by atoms with Gasteiger partial charge in [-0.25, -0.2) is 0 Å². The van der Waals surface area contributed by atoms with Gasteiger partial charge >= 0.3 is 0 Å². The van der Waals surface area contributed by atoms with Crippen LogP contribution in [-0.4, -0.2) is 40.9 Å². The van der Waals surface area contributed by atoms with E-state index in [1.165, 1.54) is 28.7 Å². The van der Waals surface area contributed by atoms with E-state index in [1.54, 1.807) is 24.3 Å². The minimum absolute atomic E-state index is 0.0502. The minimum Gasteiger partial charge on any atom is -0.494 e. The molecule has 2 aromatic carbocycles. The highest BCUT2D eigenvalue weighted by atomic mass is 32.2. The molecule has 1 aromatic heterocycles. The zero-order valence-corrected chi connectivity index (χ0v) is 20.1. The molecular formula is C24H26N4O3S2. The third-order valence-electron chi connectivity index (χ3n) is 5.24. The minimum atomic E-state index is -0.260. The Bertz CT molecular complexity index is 1100. The maximum Gasteiger partial charge on any atom is 0.257 e. The van der Waals surface area contributed by atoms with E-state index in [9.17, 15) is 9.59 Å². The van der Waals surface area contributed by atoms with Crippen LogP contribution in [0, 0.1) is 0 Å². The standard InChI is InChI=1S/C24H26N4O3S2/c1-2-3-15-31-19-12-10-18(11-13-19)22(30)25-23-26-27-24(33-23)32-16-21(29)28-14-6-8-17-7-4-5-9-20(17)28/h4-5,7,9-13H,2-3,6,8,14-16H2,1H3,(H,25,26,30). The summed E-state index contributed by atoms with van der Waals surface area (Å²) in [6, 6.07) is 15.1. The number of rotatable bonds is 9. The van der Waals surface area contributed by atoms with Crippen molar-refractivity contribution in [2.24, 2.45) is 0 Å². The molecule has 7 nitrogen and oxygen atoms in total. The Kier molecular flexibility index (Phi) is 7.96. The summed E-state index contributed by atoms with van der Waals surface area (Å²) >= 11 is 2.60. The third kappa shape index (κ3) is 6.11. The van der Waals surface area contributed by atoms with Gasteiger partial charge in [0, 0.05) is 17.8 Å². The second kappa shape index (κ2) is 11.3. The van der Waals surface area contributed by atoms with Gasteiger partial charge in [0.15, 0.2) is 4.34 Å². The second-order valence-corrected chi connectivity index (χ2v) is 9.82. The zero-order chi connectivity index (χ0) is 23.0. The van der Waals surface area contributed by atoms with Gasteiger partial charge in [0.2, 0.25) is 11.0 Å². The van der Waals surface area contributed by atoms with E-state index < -0.39 is 0 Å². The summed E-state index contributed by atoms with van der Waals surface area (Å²) < 4.78 is 6.27. The maximum absolute atomic E-state index is 12.8. The van der Waals surface area contributed by atoms with Crippen molar-refractivity contribution < 1.29 is 14.3 Å². The van der Waals surface area contributed by atoms with Crippen molar-refractivity contribution >= 4 is 45.7 Å². The van der Waals surface area contributed by atoms with Crippen molar-refractivity contribution in [3.05, 3.63) is 59.7 Å². The number of hydrogen-bond donors (Lipinski definition) is 1. The number of ether oxygens (including phenoxy) is 1. The van der Waals surface area contributed by atoms with Crippen LogP contribution in [0.1, 0.15) is 42.1 Å². The van der Waals surface area contributed by atoms with Crippen LogP contribution in [-0.2, 0) is 11.2 Å². The monoisotopic (exact) mass is 482 g/mol. The Balaban J connectivity index is 1.29. The Hall–Kier alpha value is -2.91. The third-order valence-corrected chi connectivity index (χ3v) is 7.20. The maximum atomic E-state index is 12.8. The highest BCUT2D eigenvalue weighted by Crippen LogP contribution is 2.30. The predicted octanol–water partition coefficient (Wildman–Crippen LogP) is 5.04. The van der Waals surface area contributed by atoms with E-state index >= 15 is 0 Å². The van der Waals surface area contributed by atoms with Crippen LogP contribution in [0.2, 0.25) is 0 Å². The molecule has 33 heavy (non-hydrogen) atoms. The molecular weight excluding hydrogens is 456 g/mol. The van der Waals surface area contributed by atoms with Crippen LogP contribution >= 0.6 is 23.1 Å². The number of thioether (sulfide) groups is 1. The van der Waals surface area contributed by atoms with Crippen LogP contribution in [0.4, 0.5) is 10.8 Å². The highest BCUT2D eigenvalue weighted by Gasteiger charge is 2.22. The van der Waals surface area contributed by atoms with Gasteiger partial charge in [-0.3, -0.25) is 14.9 Å². The topological polar surface area (TPSA) is 84.4 Å². The lowest BCUT2D eigenvalue weighted by Crippen LogP contribution is -2.36. The molecule has 0 radical (unpaired) electrons. The number of nitrogens with zero attached hydrogens (tertiary/aromatic N) is 3. The lowest BCUT2D eigenvalue weighted by Gasteiger charge is -2.29. The van der Waals surface area contributed by atoms with Gasteiger partial charge < -0.3 is 9.64 Å². The van der Waals surface area contributed by atoms with E-state index in [-0.39, 0.29) is 17.6 Å². The summed E-state index contributed by atoms with van der Waals surface area (Å²) in [5, 5.41) is 11.3. The lowest BCUT2D eigenvalue weighted by atomic mass is 10.0. The number of hydrogen-bond acceptors (Lipinski definition) is 7. The summed E-state index contributed by atoms with van der Waals surface area (Å²) in [6.45, 7) is 3.51. The first-order chi connectivity index (χ1) is 16.1. The number of amides is 2. The van der Waals surface area contributed by atoms with Crippen molar-refractivity contribution in [2.75, 3.05) is 29.1 Å². The molecule has 1 aliphatic heterocycles. The van der Waals surface area contributed by atoms with Crippen molar-refractivity contribution in [3.63, 3.8) is 0 Å². The fraction of sp³-hybridized carbons (Fsp3) is 0.333. The van der Waals surface area contributed by atoms with Crippen molar-refractivity contribution in [1.82, 2.24) is 10.2 Å². The fourth-order valence-electron chi connectivity index (χ4n) is 3.52. The van der Waals surface area contributed by atoms with Crippen molar-refractivity contribution in [2.45, 2.75) is 36.9 Å². The summed E-state index contributed by atoms with van der Waals surface area (Å²) in [7, 11) is 0. The predicted molar refractivity (Wildman–Crippen MR) is 133 cm³/mol. The Morgan fingerprint density at radius 2 is 1.97 bits per heavy atom. The number of unbranched alkanes of at least 4 members (excludes halogenated alkanes) is 1. The quantitative estimate of drug-likeness (QED) is 0.261. The number of fused-ring (bicyclic) bond motifs is 1. The number of aryl methyl sites for hydroxylation is 1. The molecule has 0 atom stereocenters. The smallest absolute Gasteiger partial charge is 0.257 e. The van der Waals surface area contributed by atoms with Crippen LogP contribution < -0.4 is 15.0 Å². The van der Waals surface area contributed by atoms with Gasteiger partial charge in [-0.05, 0) is 55.2 Å². The zero-order valence-electron chi connectivity index (χ0n) is 18.5. The normalized spacial score (nSPS) is 12.8. The summed E-state index contributed by atoms with van der Waals surface area (Å²) in [5.41, 5.74) is 2.73. The van der Waals surface area contributed by atoms with Crippen molar-refractivity contribution in [3.8, 4) is 5.75 Å². The average molecular weight is 483 g/mol. The molecule has 1 N–H and O–H groups in total. The van der Waals surface area contributed by atoms with Crippen LogP contribution in [0.3, 0.4) is 0 Å². The molecule has 2 amide bonds. The largest absolute Gasteiger partial charge is 0.494 e. The molecule has 172 valence electrons. The van der Waals surface area contributed by atoms with Gasteiger partial charge in [-0.15, -0.1) is 10.2 Å². The van der Waals surface area contributed by atoms with E-state index in [2.05, 4.69) is 28.5 Å². The first-order valence-electron chi connectivity index (χ1n) is 11.0. The molecule has 0 fully saturated rings. The number of nitrogens with one attached hydrogen (secondary N) is 1. The average Bonchev–Trinajstić information content (AvgIpc) is 3.30. The van der Waals surface area contributed by atoms with Gasteiger partial charge in [0.05, 0.1) is 12.4 Å². The van der Waals surface area contributed by atoms with Gasteiger partial charge in [0.1, 0.15) is 5.75 Å². The molecule has 3 aromatic rings. The molecule has 9 heteroatoms. The molecule has 0 bridgehead atoms. The highest BCUT2D eigenvalue weighted by molar-refractivity contribution is 8.01. The molecule has 0 spiro atoms. The Morgan fingerprint density at radius 1 is 1.15 bits per heavy atom. The Labute approximate surface area is 201 Å².